The molecule has 0 spiro atoms. The molecule has 1 aromatic rings. The third-order valence-corrected chi connectivity index (χ3v) is 2.54. The molecule has 16 heavy (non-hydrogen) atoms. The van der Waals surface area contributed by atoms with Crippen molar-refractivity contribution in [2.45, 2.75) is 20.0 Å². The Kier molecular flexibility index (Phi) is 3.39. The number of hydrogen-bond acceptors (Lipinski definition) is 5. The zero-order valence-electron chi connectivity index (χ0n) is 9.31. The molecule has 0 saturated heterocycles. The molecule has 0 amide bonds. The van der Waals surface area contributed by atoms with E-state index in [1.54, 1.807) is 13.8 Å². The Morgan fingerprint density at radius 2 is 1.88 bits per heavy atom. The molecule has 0 aromatic heterocycles. The van der Waals surface area contributed by atoms with E-state index in [9.17, 15) is 20.1 Å². The fraction of sp³-hybridized carbons (Fsp3) is 0.364. The monoisotopic (exact) mass is 226 g/mol. The Morgan fingerprint density at radius 3 is 2.38 bits per heavy atom. The number of aryl methyl sites for hydroxylation is 1. The van der Waals surface area contributed by atoms with E-state index in [1.165, 1.54) is 6.07 Å². The molecule has 0 heterocycles. The fourth-order valence-corrected chi connectivity index (χ4v) is 1.36. The second-order valence-electron chi connectivity index (χ2n) is 3.53. The smallest absolute Gasteiger partial charge is 0.339 e. The lowest BCUT2D eigenvalue weighted by Gasteiger charge is -2.14. The summed E-state index contributed by atoms with van der Waals surface area (Å²) >= 11 is 0. The van der Waals surface area contributed by atoms with E-state index in [2.05, 4.69) is 4.74 Å². The third kappa shape index (κ3) is 1.94. The Morgan fingerprint density at radius 1 is 1.31 bits per heavy atom. The number of aliphatic hydroxyl groups excluding tert-OH is 1. The van der Waals surface area contributed by atoms with Crippen LogP contribution in [0.3, 0.4) is 0 Å². The van der Waals surface area contributed by atoms with Crippen molar-refractivity contribution in [3.63, 3.8) is 0 Å². The summed E-state index contributed by atoms with van der Waals surface area (Å²) in [4.78, 5) is 11.1. The second kappa shape index (κ2) is 4.40. The van der Waals surface area contributed by atoms with Crippen molar-refractivity contribution in [2.24, 2.45) is 0 Å². The van der Waals surface area contributed by atoms with Crippen molar-refractivity contribution in [2.75, 3.05) is 7.11 Å². The van der Waals surface area contributed by atoms with Gasteiger partial charge in [-0.1, -0.05) is 0 Å². The Bertz CT molecular complexity index is 425. The first kappa shape index (κ1) is 12.3. The Balaban J connectivity index is 3.30. The standard InChI is InChI=1S/C11H14O5/c1-5-4-7(10(14)11(15)16-3)9(13)8(12)6(5)2/h4,10,12-14H,1-3H3. The molecule has 0 aliphatic heterocycles. The molecule has 1 aromatic carbocycles. The molecule has 0 saturated carbocycles. The van der Waals surface area contributed by atoms with Gasteiger partial charge in [-0.05, 0) is 31.0 Å². The van der Waals surface area contributed by atoms with Crippen LogP contribution in [-0.2, 0) is 9.53 Å². The summed E-state index contributed by atoms with van der Waals surface area (Å²) in [6.45, 7) is 3.32. The highest BCUT2D eigenvalue weighted by Crippen LogP contribution is 2.37. The highest BCUT2D eigenvalue weighted by molar-refractivity contribution is 5.78. The van der Waals surface area contributed by atoms with Gasteiger partial charge in [0.2, 0.25) is 0 Å². The molecular weight excluding hydrogens is 212 g/mol. The average molecular weight is 226 g/mol. The van der Waals surface area contributed by atoms with Gasteiger partial charge in [0.05, 0.1) is 7.11 Å². The fourth-order valence-electron chi connectivity index (χ4n) is 1.36. The van der Waals surface area contributed by atoms with Gasteiger partial charge in [0.15, 0.2) is 17.6 Å². The molecule has 0 bridgehead atoms. The van der Waals surface area contributed by atoms with Crippen LogP contribution in [-0.4, -0.2) is 28.4 Å². The summed E-state index contributed by atoms with van der Waals surface area (Å²) in [6.07, 6.45) is -1.60. The van der Waals surface area contributed by atoms with Gasteiger partial charge < -0.3 is 20.1 Å². The number of methoxy groups -OCH3 is 1. The van der Waals surface area contributed by atoms with Crippen LogP contribution in [0.1, 0.15) is 22.8 Å². The summed E-state index contributed by atoms with van der Waals surface area (Å²) in [6, 6.07) is 1.44. The molecule has 0 aliphatic rings. The van der Waals surface area contributed by atoms with Crippen molar-refractivity contribution >= 4 is 5.97 Å². The van der Waals surface area contributed by atoms with Crippen LogP contribution >= 0.6 is 0 Å². The lowest BCUT2D eigenvalue weighted by atomic mass is 10.00. The van der Waals surface area contributed by atoms with Gasteiger partial charge in [0.1, 0.15) is 0 Å². The van der Waals surface area contributed by atoms with Crippen LogP contribution in [0.2, 0.25) is 0 Å². The largest absolute Gasteiger partial charge is 0.504 e. The number of aliphatic hydroxyl groups is 1. The van der Waals surface area contributed by atoms with Crippen molar-refractivity contribution in [1.82, 2.24) is 0 Å². The second-order valence-corrected chi connectivity index (χ2v) is 3.53. The van der Waals surface area contributed by atoms with Gasteiger partial charge in [-0.3, -0.25) is 0 Å². The topological polar surface area (TPSA) is 87.0 Å². The van der Waals surface area contributed by atoms with Crippen LogP contribution in [0.4, 0.5) is 0 Å². The van der Waals surface area contributed by atoms with Crippen LogP contribution < -0.4 is 0 Å². The van der Waals surface area contributed by atoms with Gasteiger partial charge in [0, 0.05) is 5.56 Å². The van der Waals surface area contributed by atoms with E-state index in [-0.39, 0.29) is 11.3 Å². The first-order valence-corrected chi connectivity index (χ1v) is 4.68. The number of ether oxygens (including phenoxy) is 1. The van der Waals surface area contributed by atoms with Crippen molar-refractivity contribution in [3.8, 4) is 11.5 Å². The van der Waals surface area contributed by atoms with Crippen LogP contribution in [0, 0.1) is 13.8 Å². The number of phenolic OH excluding ortho intramolecular Hbond substituents is 2. The molecule has 5 heteroatoms. The minimum absolute atomic E-state index is 0.0625. The predicted octanol–water partition coefficient (Wildman–Crippen LogP) is 0.921. The Labute approximate surface area is 92.9 Å². The maximum Gasteiger partial charge on any atom is 0.339 e. The SMILES string of the molecule is COC(=O)C(O)c1cc(C)c(C)c(O)c1O. The van der Waals surface area contributed by atoms with Gasteiger partial charge in [0.25, 0.3) is 0 Å². The van der Waals surface area contributed by atoms with Crippen LogP contribution in [0.5, 0.6) is 11.5 Å². The van der Waals surface area contributed by atoms with Crippen LogP contribution in [0.15, 0.2) is 6.07 Å². The van der Waals surface area contributed by atoms with Crippen molar-refractivity contribution < 1.29 is 24.9 Å². The number of hydrogen-bond donors (Lipinski definition) is 3. The quantitative estimate of drug-likeness (QED) is 0.515. The van der Waals surface area contributed by atoms with E-state index < -0.39 is 17.8 Å². The molecule has 0 fully saturated rings. The van der Waals surface area contributed by atoms with E-state index in [0.717, 1.165) is 7.11 Å². The van der Waals surface area contributed by atoms with Gasteiger partial charge in [-0.25, -0.2) is 4.79 Å². The third-order valence-electron chi connectivity index (χ3n) is 2.54. The number of benzene rings is 1. The predicted molar refractivity (Wildman–Crippen MR) is 56.2 cm³/mol. The number of carbonyl (C=O) groups excluding carboxylic acids is 1. The summed E-state index contributed by atoms with van der Waals surface area (Å²) < 4.78 is 4.35. The maximum atomic E-state index is 11.1. The summed E-state index contributed by atoms with van der Waals surface area (Å²) in [5.74, 6) is -1.73. The minimum atomic E-state index is -1.60. The summed E-state index contributed by atoms with van der Waals surface area (Å²) in [5.41, 5.74) is 1.10. The highest BCUT2D eigenvalue weighted by Gasteiger charge is 2.24. The maximum absolute atomic E-state index is 11.1. The molecule has 0 aliphatic carbocycles. The Hall–Kier alpha value is -1.75. The molecule has 5 nitrogen and oxygen atoms in total. The first-order valence-electron chi connectivity index (χ1n) is 4.68. The van der Waals surface area contributed by atoms with Crippen molar-refractivity contribution in [3.05, 3.63) is 22.8 Å². The van der Waals surface area contributed by atoms with E-state index in [4.69, 9.17) is 0 Å². The number of phenols is 2. The number of aromatic hydroxyl groups is 2. The number of esters is 1. The van der Waals surface area contributed by atoms with Gasteiger partial charge in [-0.2, -0.15) is 0 Å². The molecule has 3 N–H and O–H groups in total. The highest BCUT2D eigenvalue weighted by atomic mass is 16.5. The molecule has 0 radical (unpaired) electrons. The molecule has 1 unspecified atom stereocenters. The lowest BCUT2D eigenvalue weighted by Crippen LogP contribution is -2.14. The summed E-state index contributed by atoms with van der Waals surface area (Å²) in [5, 5.41) is 28.7. The van der Waals surface area contributed by atoms with E-state index in [0.29, 0.717) is 11.1 Å². The van der Waals surface area contributed by atoms with Crippen molar-refractivity contribution in [1.29, 1.82) is 0 Å². The van der Waals surface area contributed by atoms with E-state index in [1.807, 2.05) is 0 Å². The first-order chi connectivity index (χ1) is 7.40. The molecule has 1 rings (SSSR count). The zero-order valence-corrected chi connectivity index (χ0v) is 9.31. The minimum Gasteiger partial charge on any atom is -0.504 e. The van der Waals surface area contributed by atoms with Crippen LogP contribution in [0.25, 0.3) is 0 Å². The number of rotatable bonds is 2. The van der Waals surface area contributed by atoms with Gasteiger partial charge >= 0.3 is 5.97 Å². The van der Waals surface area contributed by atoms with E-state index >= 15 is 0 Å². The molecule has 1 atom stereocenters. The average Bonchev–Trinajstić information content (AvgIpc) is 2.29. The van der Waals surface area contributed by atoms with Gasteiger partial charge in [-0.15, -0.1) is 0 Å². The zero-order chi connectivity index (χ0) is 12.5. The summed E-state index contributed by atoms with van der Waals surface area (Å²) in [7, 11) is 1.13. The lowest BCUT2D eigenvalue weighted by molar-refractivity contribution is -0.150. The number of carbonyl (C=O) groups is 1. The normalized spacial score (nSPS) is 12.2. The molecule has 88 valence electrons. The molecular formula is C11H14O5.